The number of hydrogen-bond donors (Lipinski definition) is 3. The van der Waals surface area contributed by atoms with Crippen molar-refractivity contribution in [1.82, 2.24) is 15.5 Å². The SMILES string of the molecule is CC(C)C(CO)N(CC(=O)NC(=O)NC1CCCCC1C)Cc1ccccc1. The zero-order valence-electron chi connectivity index (χ0n) is 17.4. The third-order valence-corrected chi connectivity index (χ3v) is 5.68. The third kappa shape index (κ3) is 6.91. The Labute approximate surface area is 168 Å². The van der Waals surface area contributed by atoms with Crippen molar-refractivity contribution in [3.8, 4) is 0 Å². The maximum Gasteiger partial charge on any atom is 0.321 e. The van der Waals surface area contributed by atoms with E-state index in [0.717, 1.165) is 24.8 Å². The molecule has 3 atom stereocenters. The standard InChI is InChI=1S/C22H35N3O3/c1-16(2)20(15-26)25(13-18-10-5-4-6-11-18)14-21(27)24-22(28)23-19-12-8-7-9-17(19)3/h4-6,10-11,16-17,19-20,26H,7-9,12-15H2,1-3H3,(H2,23,24,27,28). The minimum absolute atomic E-state index is 0.0381. The van der Waals surface area contributed by atoms with Crippen LogP contribution in [0.5, 0.6) is 0 Å². The van der Waals surface area contributed by atoms with Gasteiger partial charge in [0.1, 0.15) is 0 Å². The summed E-state index contributed by atoms with van der Waals surface area (Å²) in [6.45, 7) is 6.75. The Morgan fingerprint density at radius 1 is 1.18 bits per heavy atom. The third-order valence-electron chi connectivity index (χ3n) is 5.68. The molecule has 0 heterocycles. The summed E-state index contributed by atoms with van der Waals surface area (Å²) in [6, 6.07) is 9.39. The summed E-state index contributed by atoms with van der Waals surface area (Å²) < 4.78 is 0. The molecule has 3 amide bonds. The van der Waals surface area contributed by atoms with E-state index in [1.54, 1.807) is 0 Å². The van der Waals surface area contributed by atoms with E-state index in [4.69, 9.17) is 0 Å². The number of rotatable bonds is 8. The number of hydrogen-bond acceptors (Lipinski definition) is 4. The smallest absolute Gasteiger partial charge is 0.321 e. The number of urea groups is 1. The quantitative estimate of drug-likeness (QED) is 0.638. The molecule has 28 heavy (non-hydrogen) atoms. The minimum Gasteiger partial charge on any atom is -0.395 e. The zero-order chi connectivity index (χ0) is 20.5. The molecule has 0 spiro atoms. The van der Waals surface area contributed by atoms with Crippen LogP contribution in [0.4, 0.5) is 4.79 Å². The highest BCUT2D eigenvalue weighted by atomic mass is 16.3. The second-order valence-corrected chi connectivity index (χ2v) is 8.27. The topological polar surface area (TPSA) is 81.7 Å². The van der Waals surface area contributed by atoms with Crippen LogP contribution < -0.4 is 10.6 Å². The molecule has 0 radical (unpaired) electrons. The molecule has 0 aliphatic heterocycles. The summed E-state index contributed by atoms with van der Waals surface area (Å²) in [6.07, 6.45) is 4.38. The van der Waals surface area contributed by atoms with Gasteiger partial charge in [-0.3, -0.25) is 15.0 Å². The van der Waals surface area contributed by atoms with E-state index in [1.807, 2.05) is 49.1 Å². The van der Waals surface area contributed by atoms with Gasteiger partial charge in [0.25, 0.3) is 0 Å². The van der Waals surface area contributed by atoms with E-state index in [9.17, 15) is 14.7 Å². The van der Waals surface area contributed by atoms with E-state index in [1.165, 1.54) is 6.42 Å². The second-order valence-electron chi connectivity index (χ2n) is 8.27. The lowest BCUT2D eigenvalue weighted by Gasteiger charge is -2.33. The fraction of sp³-hybridized carbons (Fsp3) is 0.636. The van der Waals surface area contributed by atoms with Gasteiger partial charge in [0.05, 0.1) is 13.2 Å². The van der Waals surface area contributed by atoms with Gasteiger partial charge in [0, 0.05) is 18.6 Å². The van der Waals surface area contributed by atoms with E-state index >= 15 is 0 Å². The molecule has 156 valence electrons. The first-order valence-electron chi connectivity index (χ1n) is 10.4. The summed E-state index contributed by atoms with van der Waals surface area (Å²) in [5.74, 6) is 0.262. The van der Waals surface area contributed by atoms with Gasteiger partial charge in [-0.15, -0.1) is 0 Å². The molecule has 1 aromatic carbocycles. The Morgan fingerprint density at radius 2 is 1.86 bits per heavy atom. The first kappa shape index (κ1) is 22.4. The first-order valence-corrected chi connectivity index (χ1v) is 10.4. The number of carbonyl (C=O) groups excluding carboxylic acids is 2. The van der Waals surface area contributed by atoms with E-state index < -0.39 is 6.03 Å². The molecule has 3 unspecified atom stereocenters. The Hall–Kier alpha value is -1.92. The number of nitrogens with one attached hydrogen (secondary N) is 2. The molecule has 1 aliphatic carbocycles. The van der Waals surface area contributed by atoms with Crippen LogP contribution >= 0.6 is 0 Å². The molecule has 0 saturated heterocycles. The second kappa shape index (κ2) is 11.2. The number of amides is 3. The van der Waals surface area contributed by atoms with Gasteiger partial charge >= 0.3 is 6.03 Å². The number of benzene rings is 1. The normalized spacial score (nSPS) is 20.8. The Morgan fingerprint density at radius 3 is 2.46 bits per heavy atom. The molecule has 2 rings (SSSR count). The summed E-state index contributed by atoms with van der Waals surface area (Å²) in [7, 11) is 0. The largest absolute Gasteiger partial charge is 0.395 e. The first-order chi connectivity index (χ1) is 13.4. The van der Waals surface area contributed by atoms with Crippen molar-refractivity contribution >= 4 is 11.9 Å². The highest BCUT2D eigenvalue weighted by molar-refractivity contribution is 5.95. The Balaban J connectivity index is 1.95. The molecule has 1 saturated carbocycles. The minimum atomic E-state index is -0.423. The van der Waals surface area contributed by atoms with Gasteiger partial charge in [-0.05, 0) is 30.2 Å². The molecule has 0 aromatic heterocycles. The highest BCUT2D eigenvalue weighted by Gasteiger charge is 2.26. The zero-order valence-corrected chi connectivity index (χ0v) is 17.4. The van der Waals surface area contributed by atoms with Crippen LogP contribution in [0, 0.1) is 11.8 Å². The van der Waals surface area contributed by atoms with E-state index in [0.29, 0.717) is 12.5 Å². The molecule has 1 fully saturated rings. The van der Waals surface area contributed by atoms with Crippen molar-refractivity contribution in [3.05, 3.63) is 35.9 Å². The molecule has 1 aromatic rings. The van der Waals surface area contributed by atoms with Gasteiger partial charge in [0.15, 0.2) is 0 Å². The Kier molecular flexibility index (Phi) is 8.93. The molecular formula is C22H35N3O3. The monoisotopic (exact) mass is 389 g/mol. The van der Waals surface area contributed by atoms with E-state index in [-0.39, 0.29) is 37.1 Å². The van der Waals surface area contributed by atoms with Gasteiger partial charge < -0.3 is 10.4 Å². The maximum atomic E-state index is 12.5. The maximum absolute atomic E-state index is 12.5. The van der Waals surface area contributed by atoms with Crippen LogP contribution in [0.3, 0.4) is 0 Å². The molecular weight excluding hydrogens is 354 g/mol. The number of aliphatic hydroxyl groups excluding tert-OH is 1. The average Bonchev–Trinajstić information content (AvgIpc) is 2.64. The average molecular weight is 390 g/mol. The van der Waals surface area contributed by atoms with Crippen LogP contribution in [-0.2, 0) is 11.3 Å². The number of carbonyl (C=O) groups is 2. The summed E-state index contributed by atoms with van der Waals surface area (Å²) >= 11 is 0. The van der Waals surface area contributed by atoms with Crippen LogP contribution in [0.25, 0.3) is 0 Å². The fourth-order valence-corrected chi connectivity index (χ4v) is 3.94. The van der Waals surface area contributed by atoms with Crippen LogP contribution in [0.1, 0.15) is 52.0 Å². The number of aliphatic hydroxyl groups is 1. The lowest BCUT2D eigenvalue weighted by molar-refractivity contribution is -0.122. The van der Waals surface area contributed by atoms with Crippen molar-refractivity contribution in [2.45, 2.75) is 65.1 Å². The lowest BCUT2D eigenvalue weighted by atomic mass is 9.86. The van der Waals surface area contributed by atoms with E-state index in [2.05, 4.69) is 17.6 Å². The van der Waals surface area contributed by atoms with Crippen molar-refractivity contribution in [1.29, 1.82) is 0 Å². The molecule has 3 N–H and O–H groups in total. The molecule has 6 heteroatoms. The number of nitrogens with zero attached hydrogens (tertiary/aromatic N) is 1. The predicted molar refractivity (Wildman–Crippen MR) is 111 cm³/mol. The van der Waals surface area contributed by atoms with Crippen molar-refractivity contribution in [2.75, 3.05) is 13.2 Å². The molecule has 0 bridgehead atoms. The van der Waals surface area contributed by atoms with Crippen molar-refractivity contribution < 1.29 is 14.7 Å². The summed E-state index contributed by atoms with van der Waals surface area (Å²) in [5, 5.41) is 15.3. The number of imide groups is 1. The van der Waals surface area contributed by atoms with Gasteiger partial charge in [-0.1, -0.05) is 63.9 Å². The van der Waals surface area contributed by atoms with Gasteiger partial charge in [0.2, 0.25) is 5.91 Å². The summed E-state index contributed by atoms with van der Waals surface area (Å²) in [5.41, 5.74) is 1.06. The van der Waals surface area contributed by atoms with Crippen molar-refractivity contribution in [2.24, 2.45) is 11.8 Å². The highest BCUT2D eigenvalue weighted by Crippen LogP contribution is 2.23. The fourth-order valence-electron chi connectivity index (χ4n) is 3.94. The van der Waals surface area contributed by atoms with Crippen molar-refractivity contribution in [3.63, 3.8) is 0 Å². The van der Waals surface area contributed by atoms with Crippen LogP contribution in [-0.4, -0.2) is 47.2 Å². The van der Waals surface area contributed by atoms with Gasteiger partial charge in [-0.25, -0.2) is 4.79 Å². The molecule has 6 nitrogen and oxygen atoms in total. The van der Waals surface area contributed by atoms with Crippen LogP contribution in [0.2, 0.25) is 0 Å². The Bertz CT molecular complexity index is 621. The summed E-state index contributed by atoms with van der Waals surface area (Å²) in [4.78, 5) is 26.7. The predicted octanol–water partition coefficient (Wildman–Crippen LogP) is 2.91. The molecule has 1 aliphatic rings. The van der Waals surface area contributed by atoms with Crippen LogP contribution in [0.15, 0.2) is 30.3 Å². The lowest BCUT2D eigenvalue weighted by Crippen LogP contribution is -2.51. The van der Waals surface area contributed by atoms with Gasteiger partial charge in [-0.2, -0.15) is 0 Å².